The van der Waals surface area contributed by atoms with E-state index in [0.717, 1.165) is 37.0 Å². The Bertz CT molecular complexity index is 822. The van der Waals surface area contributed by atoms with Crippen molar-refractivity contribution in [3.8, 4) is 11.5 Å². The van der Waals surface area contributed by atoms with Gasteiger partial charge in [0.2, 0.25) is 0 Å². The van der Waals surface area contributed by atoms with Gasteiger partial charge < -0.3 is 25.0 Å². The number of hydrogen-bond donors (Lipinski definition) is 2. The number of fused-ring (bicyclic) bond motifs is 1. The molecule has 4 rings (SSSR count). The van der Waals surface area contributed by atoms with Crippen molar-refractivity contribution in [1.29, 1.82) is 0 Å². The second-order valence-corrected chi connectivity index (χ2v) is 7.36. The summed E-state index contributed by atoms with van der Waals surface area (Å²) in [6.07, 6.45) is 1.05. The molecule has 2 aromatic rings. The standard InChI is InChI=1S/C22H28N4O2/c1-16-7-9-18(10-8-16)26-12-11-17(14-26)25-22(23-2)24-13-19-15-27-20-5-3-4-6-21(20)28-19/h3-10,17,19H,11-15H2,1-2H3,(H2,23,24,25). The molecule has 6 heteroatoms. The van der Waals surface area contributed by atoms with Crippen molar-refractivity contribution in [2.45, 2.75) is 25.5 Å². The van der Waals surface area contributed by atoms with E-state index >= 15 is 0 Å². The normalized spacial score (nSPS) is 21.5. The van der Waals surface area contributed by atoms with E-state index in [-0.39, 0.29) is 6.10 Å². The summed E-state index contributed by atoms with van der Waals surface area (Å²) in [5, 5.41) is 6.91. The number of guanidine groups is 1. The van der Waals surface area contributed by atoms with Crippen LogP contribution in [0.15, 0.2) is 53.5 Å². The van der Waals surface area contributed by atoms with Gasteiger partial charge in [0.05, 0.1) is 6.54 Å². The molecule has 0 aliphatic carbocycles. The molecule has 2 heterocycles. The highest BCUT2D eigenvalue weighted by molar-refractivity contribution is 5.80. The van der Waals surface area contributed by atoms with Crippen molar-refractivity contribution in [2.75, 3.05) is 38.2 Å². The monoisotopic (exact) mass is 380 g/mol. The predicted octanol–water partition coefficient (Wildman–Crippen LogP) is 2.58. The van der Waals surface area contributed by atoms with Gasteiger partial charge in [0.1, 0.15) is 12.7 Å². The summed E-state index contributed by atoms with van der Waals surface area (Å²) in [6.45, 7) is 5.32. The van der Waals surface area contributed by atoms with E-state index in [1.807, 2.05) is 24.3 Å². The first-order chi connectivity index (χ1) is 13.7. The summed E-state index contributed by atoms with van der Waals surface area (Å²) in [7, 11) is 1.80. The predicted molar refractivity (Wildman–Crippen MR) is 113 cm³/mol. The third kappa shape index (κ3) is 4.32. The lowest BCUT2D eigenvalue weighted by Crippen LogP contribution is -2.48. The zero-order valence-corrected chi connectivity index (χ0v) is 16.5. The van der Waals surface area contributed by atoms with Crippen LogP contribution in [0, 0.1) is 6.92 Å². The van der Waals surface area contributed by atoms with Gasteiger partial charge in [-0.25, -0.2) is 0 Å². The highest BCUT2D eigenvalue weighted by Crippen LogP contribution is 2.30. The van der Waals surface area contributed by atoms with Crippen LogP contribution in [0.4, 0.5) is 5.69 Å². The fourth-order valence-corrected chi connectivity index (χ4v) is 3.63. The molecule has 2 N–H and O–H groups in total. The van der Waals surface area contributed by atoms with Crippen LogP contribution < -0.4 is 25.0 Å². The lowest BCUT2D eigenvalue weighted by molar-refractivity contribution is 0.0936. The Hall–Kier alpha value is -2.89. The third-order valence-electron chi connectivity index (χ3n) is 5.22. The van der Waals surface area contributed by atoms with Crippen molar-refractivity contribution in [3.63, 3.8) is 0 Å². The Morgan fingerprint density at radius 3 is 2.71 bits per heavy atom. The van der Waals surface area contributed by atoms with Crippen molar-refractivity contribution >= 4 is 11.6 Å². The van der Waals surface area contributed by atoms with Crippen LogP contribution in [0.3, 0.4) is 0 Å². The summed E-state index contributed by atoms with van der Waals surface area (Å²) in [4.78, 5) is 6.79. The van der Waals surface area contributed by atoms with Crippen LogP contribution in [0.1, 0.15) is 12.0 Å². The van der Waals surface area contributed by atoms with Gasteiger partial charge in [-0.05, 0) is 37.6 Å². The van der Waals surface area contributed by atoms with Crippen molar-refractivity contribution in [1.82, 2.24) is 10.6 Å². The van der Waals surface area contributed by atoms with E-state index < -0.39 is 0 Å². The Kier molecular flexibility index (Phi) is 5.55. The number of benzene rings is 2. The molecule has 0 spiro atoms. The molecule has 0 radical (unpaired) electrons. The Morgan fingerprint density at radius 2 is 1.93 bits per heavy atom. The molecule has 2 aliphatic rings. The molecule has 0 bridgehead atoms. The van der Waals surface area contributed by atoms with E-state index in [9.17, 15) is 0 Å². The number of aryl methyl sites for hydroxylation is 1. The van der Waals surface area contributed by atoms with Gasteiger partial charge in [0, 0.05) is 31.9 Å². The van der Waals surface area contributed by atoms with Crippen molar-refractivity contribution < 1.29 is 9.47 Å². The van der Waals surface area contributed by atoms with E-state index in [2.05, 4.69) is 51.7 Å². The van der Waals surface area contributed by atoms with Crippen molar-refractivity contribution in [3.05, 3.63) is 54.1 Å². The number of para-hydroxylation sites is 2. The number of rotatable bonds is 4. The first-order valence-corrected chi connectivity index (χ1v) is 9.88. The highest BCUT2D eigenvalue weighted by Gasteiger charge is 2.24. The van der Waals surface area contributed by atoms with Gasteiger partial charge in [-0.15, -0.1) is 0 Å². The summed E-state index contributed by atoms with van der Waals surface area (Å²) in [5.41, 5.74) is 2.57. The lowest BCUT2D eigenvalue weighted by Gasteiger charge is -2.27. The molecule has 148 valence electrons. The van der Waals surface area contributed by atoms with Crippen LogP contribution in [-0.4, -0.2) is 51.4 Å². The maximum absolute atomic E-state index is 6.00. The SMILES string of the molecule is CN=C(NCC1COc2ccccc2O1)NC1CCN(c2ccc(C)cc2)C1. The largest absolute Gasteiger partial charge is 0.486 e. The number of ether oxygens (including phenoxy) is 2. The first kappa shape index (κ1) is 18.5. The fraction of sp³-hybridized carbons (Fsp3) is 0.409. The van der Waals surface area contributed by atoms with Gasteiger partial charge in [0.25, 0.3) is 0 Å². The molecule has 2 atom stereocenters. The topological polar surface area (TPSA) is 58.1 Å². The quantitative estimate of drug-likeness (QED) is 0.631. The molecule has 0 amide bonds. The zero-order chi connectivity index (χ0) is 19.3. The summed E-state index contributed by atoms with van der Waals surface area (Å²) >= 11 is 0. The molecule has 28 heavy (non-hydrogen) atoms. The minimum absolute atomic E-state index is 0.0407. The molecule has 6 nitrogen and oxygen atoms in total. The molecule has 0 aromatic heterocycles. The van der Waals surface area contributed by atoms with Crippen LogP contribution in [-0.2, 0) is 0 Å². The van der Waals surface area contributed by atoms with E-state index in [4.69, 9.17) is 9.47 Å². The van der Waals surface area contributed by atoms with Crippen LogP contribution in [0.2, 0.25) is 0 Å². The van der Waals surface area contributed by atoms with Gasteiger partial charge in [0.15, 0.2) is 17.5 Å². The molecular formula is C22H28N4O2. The summed E-state index contributed by atoms with van der Waals surface area (Å²) in [6, 6.07) is 16.9. The van der Waals surface area contributed by atoms with E-state index in [0.29, 0.717) is 19.2 Å². The van der Waals surface area contributed by atoms with E-state index in [1.54, 1.807) is 7.05 Å². The number of hydrogen-bond acceptors (Lipinski definition) is 4. The van der Waals surface area contributed by atoms with Crippen LogP contribution in [0.5, 0.6) is 11.5 Å². The average molecular weight is 380 g/mol. The Balaban J connectivity index is 1.26. The Labute approximate surface area is 166 Å². The average Bonchev–Trinajstić information content (AvgIpc) is 3.20. The molecule has 1 fully saturated rings. The van der Waals surface area contributed by atoms with Gasteiger partial charge in [-0.2, -0.15) is 0 Å². The molecule has 1 saturated heterocycles. The highest BCUT2D eigenvalue weighted by atomic mass is 16.6. The molecule has 0 saturated carbocycles. The first-order valence-electron chi connectivity index (χ1n) is 9.88. The molecule has 2 unspecified atom stereocenters. The third-order valence-corrected chi connectivity index (χ3v) is 5.22. The second kappa shape index (κ2) is 8.42. The van der Waals surface area contributed by atoms with Gasteiger partial charge in [-0.1, -0.05) is 29.8 Å². The summed E-state index contributed by atoms with van der Waals surface area (Å²) < 4.78 is 11.8. The number of aliphatic imine (C=N–C) groups is 1. The smallest absolute Gasteiger partial charge is 0.191 e. The van der Waals surface area contributed by atoms with Crippen molar-refractivity contribution in [2.24, 2.45) is 4.99 Å². The van der Waals surface area contributed by atoms with E-state index in [1.165, 1.54) is 11.3 Å². The second-order valence-electron chi connectivity index (χ2n) is 7.36. The van der Waals surface area contributed by atoms with Gasteiger partial charge >= 0.3 is 0 Å². The maximum atomic E-state index is 6.00. The van der Waals surface area contributed by atoms with Crippen LogP contribution in [0.25, 0.3) is 0 Å². The minimum Gasteiger partial charge on any atom is -0.486 e. The molecular weight excluding hydrogens is 352 g/mol. The number of nitrogens with zero attached hydrogens (tertiary/aromatic N) is 2. The number of nitrogens with one attached hydrogen (secondary N) is 2. The molecule has 2 aliphatic heterocycles. The van der Waals surface area contributed by atoms with Crippen LogP contribution >= 0.6 is 0 Å². The fourth-order valence-electron chi connectivity index (χ4n) is 3.63. The van der Waals surface area contributed by atoms with Gasteiger partial charge in [-0.3, -0.25) is 4.99 Å². The molecule has 2 aromatic carbocycles. The maximum Gasteiger partial charge on any atom is 0.191 e. The summed E-state index contributed by atoms with van der Waals surface area (Å²) in [5.74, 6) is 2.41. The minimum atomic E-state index is -0.0407. The lowest BCUT2D eigenvalue weighted by atomic mass is 10.2. The number of anilines is 1. The Morgan fingerprint density at radius 1 is 1.14 bits per heavy atom. The zero-order valence-electron chi connectivity index (χ0n) is 16.5.